The zero-order valence-electron chi connectivity index (χ0n) is 10.7. The Morgan fingerprint density at radius 1 is 1.40 bits per heavy atom. The van der Waals surface area contributed by atoms with E-state index in [4.69, 9.17) is 4.74 Å². The maximum Gasteiger partial charge on any atom is 0.312 e. The number of aliphatic carboxylic acids is 1. The molecule has 0 bridgehead atoms. The quantitative estimate of drug-likeness (QED) is 0.922. The van der Waals surface area contributed by atoms with Crippen molar-refractivity contribution in [3.05, 3.63) is 45.4 Å². The van der Waals surface area contributed by atoms with Crippen LogP contribution in [0.3, 0.4) is 0 Å². The van der Waals surface area contributed by atoms with Gasteiger partial charge in [0.05, 0.1) is 5.69 Å². The normalized spacial score (nSPS) is 23.2. The summed E-state index contributed by atoms with van der Waals surface area (Å²) in [6.45, 7) is 0. The second kappa shape index (κ2) is 4.31. The van der Waals surface area contributed by atoms with Crippen LogP contribution in [-0.2, 0) is 17.6 Å². The molecule has 1 aliphatic heterocycles. The van der Waals surface area contributed by atoms with E-state index in [0.717, 1.165) is 34.2 Å². The Morgan fingerprint density at radius 3 is 3.05 bits per heavy atom. The molecular formula is C15H13NO3S. The van der Waals surface area contributed by atoms with Crippen LogP contribution in [0.1, 0.15) is 39.6 Å². The lowest BCUT2D eigenvalue weighted by molar-refractivity contribution is -0.138. The first-order valence-corrected chi connectivity index (χ1v) is 7.51. The molecule has 2 heterocycles. The standard InChI is InChI=1S/C15H13NO3S/c17-15(18)9-5-6-12-13(9)16-14(20-12)11-7-8-3-1-2-4-10(8)19-11/h1-4,9,11H,5-7H2,(H,17,18). The predicted molar refractivity (Wildman–Crippen MR) is 74.3 cm³/mol. The molecule has 0 radical (unpaired) electrons. The van der Waals surface area contributed by atoms with Crippen LogP contribution in [0, 0.1) is 0 Å². The number of carbonyl (C=O) groups is 1. The van der Waals surface area contributed by atoms with Crippen molar-refractivity contribution in [1.29, 1.82) is 0 Å². The van der Waals surface area contributed by atoms with E-state index in [1.54, 1.807) is 11.3 Å². The van der Waals surface area contributed by atoms with Gasteiger partial charge in [0.2, 0.25) is 0 Å². The molecular weight excluding hydrogens is 274 g/mol. The smallest absolute Gasteiger partial charge is 0.312 e. The number of hydrogen-bond acceptors (Lipinski definition) is 4. The van der Waals surface area contributed by atoms with Crippen molar-refractivity contribution in [3.63, 3.8) is 0 Å². The van der Waals surface area contributed by atoms with E-state index in [2.05, 4.69) is 11.1 Å². The van der Waals surface area contributed by atoms with Crippen molar-refractivity contribution < 1.29 is 14.6 Å². The lowest BCUT2D eigenvalue weighted by atomic mass is 10.1. The zero-order valence-corrected chi connectivity index (χ0v) is 11.5. The summed E-state index contributed by atoms with van der Waals surface area (Å²) in [5, 5.41) is 10.1. The fraction of sp³-hybridized carbons (Fsp3) is 0.333. The number of rotatable bonds is 2. The van der Waals surface area contributed by atoms with Crippen molar-refractivity contribution in [1.82, 2.24) is 4.98 Å². The van der Waals surface area contributed by atoms with Gasteiger partial charge in [0.15, 0.2) is 6.10 Å². The summed E-state index contributed by atoms with van der Waals surface area (Å²) < 4.78 is 5.93. The van der Waals surface area contributed by atoms with Crippen LogP contribution >= 0.6 is 11.3 Å². The Labute approximate surface area is 120 Å². The molecule has 2 atom stereocenters. The lowest BCUT2D eigenvalue weighted by Crippen LogP contribution is -2.10. The molecule has 4 rings (SSSR count). The van der Waals surface area contributed by atoms with E-state index in [-0.39, 0.29) is 6.10 Å². The minimum Gasteiger partial charge on any atom is -0.483 e. The number of para-hydroxylation sites is 1. The van der Waals surface area contributed by atoms with Crippen molar-refractivity contribution in [3.8, 4) is 5.75 Å². The Hall–Kier alpha value is -1.88. The van der Waals surface area contributed by atoms with Gasteiger partial charge in [-0.1, -0.05) is 18.2 Å². The topological polar surface area (TPSA) is 59.4 Å². The number of ether oxygens (including phenoxy) is 1. The fourth-order valence-corrected chi connectivity index (χ4v) is 4.12. The molecule has 1 N–H and O–H groups in total. The SMILES string of the molecule is O=C(O)C1CCc2sc(C3Cc4ccccc4O3)nc21. The van der Waals surface area contributed by atoms with Crippen molar-refractivity contribution in [2.45, 2.75) is 31.3 Å². The molecule has 5 heteroatoms. The number of aryl methyl sites for hydroxylation is 1. The third kappa shape index (κ3) is 1.73. The Kier molecular flexibility index (Phi) is 2.57. The number of nitrogens with zero attached hydrogens (tertiary/aromatic N) is 1. The van der Waals surface area contributed by atoms with Gasteiger partial charge in [-0.2, -0.15) is 0 Å². The highest BCUT2D eigenvalue weighted by molar-refractivity contribution is 7.11. The predicted octanol–water partition coefficient (Wildman–Crippen LogP) is 2.93. The number of hydrogen-bond donors (Lipinski definition) is 1. The third-order valence-corrected chi connectivity index (χ3v) is 5.18. The summed E-state index contributed by atoms with van der Waals surface area (Å²) in [4.78, 5) is 16.9. The van der Waals surface area contributed by atoms with E-state index < -0.39 is 11.9 Å². The molecule has 1 aromatic heterocycles. The maximum absolute atomic E-state index is 11.2. The van der Waals surface area contributed by atoms with Gasteiger partial charge in [-0.05, 0) is 24.5 Å². The van der Waals surface area contributed by atoms with Gasteiger partial charge >= 0.3 is 5.97 Å². The Balaban J connectivity index is 1.63. The number of aromatic nitrogens is 1. The summed E-state index contributed by atoms with van der Waals surface area (Å²) in [7, 11) is 0. The molecule has 0 spiro atoms. The van der Waals surface area contributed by atoms with Crippen molar-refractivity contribution in [2.24, 2.45) is 0 Å². The average molecular weight is 287 g/mol. The number of fused-ring (bicyclic) bond motifs is 2. The van der Waals surface area contributed by atoms with Crippen LogP contribution in [0.25, 0.3) is 0 Å². The number of benzene rings is 1. The molecule has 4 nitrogen and oxygen atoms in total. The summed E-state index contributed by atoms with van der Waals surface area (Å²) in [5.74, 6) is -0.280. The van der Waals surface area contributed by atoms with E-state index in [0.29, 0.717) is 6.42 Å². The molecule has 1 aromatic carbocycles. The van der Waals surface area contributed by atoms with E-state index in [1.807, 2.05) is 18.2 Å². The molecule has 2 aliphatic rings. The molecule has 2 aromatic rings. The number of carboxylic acid groups (broad SMARTS) is 1. The van der Waals surface area contributed by atoms with Gasteiger partial charge in [0, 0.05) is 11.3 Å². The monoisotopic (exact) mass is 287 g/mol. The van der Waals surface area contributed by atoms with Gasteiger partial charge in [-0.25, -0.2) is 4.98 Å². The van der Waals surface area contributed by atoms with E-state index in [9.17, 15) is 9.90 Å². The highest BCUT2D eigenvalue weighted by Crippen LogP contribution is 2.42. The highest BCUT2D eigenvalue weighted by atomic mass is 32.1. The van der Waals surface area contributed by atoms with Gasteiger partial charge < -0.3 is 9.84 Å². The summed E-state index contributed by atoms with van der Waals surface area (Å²) >= 11 is 1.61. The van der Waals surface area contributed by atoms with Gasteiger partial charge in [0.25, 0.3) is 0 Å². The number of thiazole rings is 1. The minimum atomic E-state index is -0.767. The molecule has 1 aliphatic carbocycles. The molecule has 0 saturated heterocycles. The van der Waals surface area contributed by atoms with Crippen LogP contribution in [0.5, 0.6) is 5.75 Å². The molecule has 0 fully saturated rings. The average Bonchev–Trinajstić information content (AvgIpc) is 3.10. The Morgan fingerprint density at radius 2 is 2.25 bits per heavy atom. The second-order valence-corrected chi connectivity index (χ2v) is 6.32. The maximum atomic E-state index is 11.2. The first-order valence-electron chi connectivity index (χ1n) is 6.69. The summed E-state index contributed by atoms with van der Waals surface area (Å²) in [6.07, 6.45) is 2.26. The molecule has 0 amide bonds. The van der Waals surface area contributed by atoms with Crippen LogP contribution in [0.15, 0.2) is 24.3 Å². The molecule has 0 saturated carbocycles. The van der Waals surface area contributed by atoms with Crippen LogP contribution in [-0.4, -0.2) is 16.1 Å². The summed E-state index contributed by atoms with van der Waals surface area (Å²) in [6, 6.07) is 8.00. The highest BCUT2D eigenvalue weighted by Gasteiger charge is 2.35. The minimum absolute atomic E-state index is 0.0579. The van der Waals surface area contributed by atoms with Crippen LogP contribution in [0.4, 0.5) is 0 Å². The van der Waals surface area contributed by atoms with Crippen molar-refractivity contribution in [2.75, 3.05) is 0 Å². The summed E-state index contributed by atoms with van der Waals surface area (Å²) in [5.41, 5.74) is 1.96. The van der Waals surface area contributed by atoms with Gasteiger partial charge in [0.1, 0.15) is 16.7 Å². The van der Waals surface area contributed by atoms with E-state index >= 15 is 0 Å². The molecule has 2 unspecified atom stereocenters. The fourth-order valence-electron chi connectivity index (χ4n) is 2.94. The Bertz CT molecular complexity index is 669. The first kappa shape index (κ1) is 11.9. The van der Waals surface area contributed by atoms with Crippen molar-refractivity contribution >= 4 is 17.3 Å². The third-order valence-electron chi connectivity index (χ3n) is 3.95. The lowest BCUT2D eigenvalue weighted by Gasteiger charge is -2.07. The zero-order chi connectivity index (χ0) is 13.7. The van der Waals surface area contributed by atoms with Crippen LogP contribution < -0.4 is 4.74 Å². The molecule has 20 heavy (non-hydrogen) atoms. The second-order valence-electron chi connectivity index (χ2n) is 5.21. The van der Waals surface area contributed by atoms with Gasteiger partial charge in [-0.15, -0.1) is 11.3 Å². The van der Waals surface area contributed by atoms with Crippen LogP contribution in [0.2, 0.25) is 0 Å². The molecule has 102 valence electrons. The first-order chi connectivity index (χ1) is 9.72. The van der Waals surface area contributed by atoms with Gasteiger partial charge in [-0.3, -0.25) is 4.79 Å². The van der Waals surface area contributed by atoms with E-state index in [1.165, 1.54) is 5.56 Å². The number of carboxylic acids is 1. The largest absolute Gasteiger partial charge is 0.483 e.